The van der Waals surface area contributed by atoms with Gasteiger partial charge in [-0.2, -0.15) is 0 Å². The first-order chi connectivity index (χ1) is 8.49. The molecule has 2 rings (SSSR count). The third-order valence-electron chi connectivity index (χ3n) is 4.84. The highest BCUT2D eigenvalue weighted by Crippen LogP contribution is 2.25. The first kappa shape index (κ1) is 14.0. The summed E-state index contributed by atoms with van der Waals surface area (Å²) in [5, 5.41) is 0. The maximum atomic E-state index is 12.3. The Kier molecular flexibility index (Phi) is 4.44. The minimum Gasteiger partial charge on any atom is -0.299 e. The van der Waals surface area contributed by atoms with E-state index in [-0.39, 0.29) is 5.54 Å². The van der Waals surface area contributed by atoms with Crippen molar-refractivity contribution in [2.75, 3.05) is 33.2 Å². The van der Waals surface area contributed by atoms with Crippen molar-refractivity contribution in [3.8, 4) is 0 Å². The summed E-state index contributed by atoms with van der Waals surface area (Å²) in [5.74, 6) is 0.858. The largest absolute Gasteiger partial charge is 0.299 e. The Hall–Kier alpha value is -0.410. The molecule has 1 heterocycles. The third-order valence-corrected chi connectivity index (χ3v) is 4.84. The van der Waals surface area contributed by atoms with Gasteiger partial charge in [-0.25, -0.2) is 0 Å². The molecule has 3 heteroatoms. The van der Waals surface area contributed by atoms with Crippen molar-refractivity contribution in [3.63, 3.8) is 0 Å². The minimum absolute atomic E-state index is 0.199. The standard InChI is InChI=1S/C15H28N2O/c1-15(2)12-17(10-9-16(15)3)11-14(18)13-7-5-4-6-8-13/h13H,4-12H2,1-3H3. The van der Waals surface area contributed by atoms with Gasteiger partial charge in [0.05, 0.1) is 6.54 Å². The quantitative estimate of drug-likeness (QED) is 0.769. The fourth-order valence-corrected chi connectivity index (χ4v) is 3.25. The van der Waals surface area contributed by atoms with Crippen molar-refractivity contribution in [3.05, 3.63) is 0 Å². The molecule has 3 nitrogen and oxygen atoms in total. The number of nitrogens with zero attached hydrogens (tertiary/aromatic N) is 2. The third kappa shape index (κ3) is 3.33. The van der Waals surface area contributed by atoms with E-state index in [9.17, 15) is 4.79 Å². The highest BCUT2D eigenvalue weighted by Gasteiger charge is 2.32. The maximum absolute atomic E-state index is 12.3. The van der Waals surface area contributed by atoms with E-state index in [0.717, 1.165) is 32.5 Å². The molecular formula is C15H28N2O. The zero-order valence-electron chi connectivity index (χ0n) is 12.2. The molecule has 0 bridgehead atoms. The second-order valence-corrected chi connectivity index (χ2v) is 6.75. The summed E-state index contributed by atoms with van der Waals surface area (Å²) in [4.78, 5) is 17.1. The predicted octanol–water partition coefficient (Wildman–Crippen LogP) is 2.16. The van der Waals surface area contributed by atoms with Crippen LogP contribution in [0.5, 0.6) is 0 Å². The van der Waals surface area contributed by atoms with Crippen molar-refractivity contribution in [1.29, 1.82) is 0 Å². The highest BCUT2D eigenvalue weighted by molar-refractivity contribution is 5.83. The summed E-state index contributed by atoms with van der Waals surface area (Å²) in [6.45, 7) is 8.35. The molecule has 0 aromatic rings. The van der Waals surface area contributed by atoms with Crippen molar-refractivity contribution in [2.24, 2.45) is 5.92 Å². The van der Waals surface area contributed by atoms with E-state index in [4.69, 9.17) is 0 Å². The molecule has 1 aliphatic heterocycles. The molecule has 18 heavy (non-hydrogen) atoms. The van der Waals surface area contributed by atoms with E-state index in [1.54, 1.807) is 0 Å². The SMILES string of the molecule is CN1CCN(CC(=O)C2CCCCC2)CC1(C)C. The van der Waals surface area contributed by atoms with Gasteiger partial charge < -0.3 is 0 Å². The summed E-state index contributed by atoms with van der Waals surface area (Å²) in [7, 11) is 2.18. The highest BCUT2D eigenvalue weighted by atomic mass is 16.1. The fourth-order valence-electron chi connectivity index (χ4n) is 3.25. The molecule has 0 spiro atoms. The second-order valence-electron chi connectivity index (χ2n) is 6.75. The fraction of sp³-hybridized carbons (Fsp3) is 0.933. The van der Waals surface area contributed by atoms with Crippen LogP contribution in [0.3, 0.4) is 0 Å². The monoisotopic (exact) mass is 252 g/mol. The van der Waals surface area contributed by atoms with Crippen LogP contribution >= 0.6 is 0 Å². The van der Waals surface area contributed by atoms with Crippen LogP contribution in [0.15, 0.2) is 0 Å². The van der Waals surface area contributed by atoms with Crippen LogP contribution in [0.1, 0.15) is 46.0 Å². The lowest BCUT2D eigenvalue weighted by Crippen LogP contribution is -2.58. The molecule has 0 amide bonds. The van der Waals surface area contributed by atoms with Crippen molar-refractivity contribution < 1.29 is 4.79 Å². The summed E-state index contributed by atoms with van der Waals surface area (Å²) < 4.78 is 0. The Morgan fingerprint density at radius 3 is 2.44 bits per heavy atom. The lowest BCUT2D eigenvalue weighted by molar-refractivity contribution is -0.126. The van der Waals surface area contributed by atoms with Gasteiger partial charge in [0.25, 0.3) is 0 Å². The molecular weight excluding hydrogens is 224 g/mol. The number of piperazine rings is 1. The molecule has 0 aromatic heterocycles. The molecule has 1 saturated heterocycles. The summed E-state index contributed by atoms with van der Waals surface area (Å²) in [5.41, 5.74) is 0.199. The van der Waals surface area contributed by atoms with Gasteiger partial charge in [0.2, 0.25) is 0 Å². The Bertz CT molecular complexity index is 295. The summed E-state index contributed by atoms with van der Waals surface area (Å²) in [6.07, 6.45) is 6.10. The van der Waals surface area contributed by atoms with E-state index in [1.807, 2.05) is 0 Å². The van der Waals surface area contributed by atoms with Crippen LogP contribution in [-0.4, -0.2) is 54.3 Å². The van der Waals surface area contributed by atoms with Crippen molar-refractivity contribution in [1.82, 2.24) is 9.80 Å². The van der Waals surface area contributed by atoms with E-state index >= 15 is 0 Å². The molecule has 0 aromatic carbocycles. The van der Waals surface area contributed by atoms with E-state index in [2.05, 4.69) is 30.7 Å². The Morgan fingerprint density at radius 2 is 1.83 bits per heavy atom. The van der Waals surface area contributed by atoms with E-state index < -0.39 is 0 Å². The molecule has 0 unspecified atom stereocenters. The first-order valence-electron chi connectivity index (χ1n) is 7.45. The Balaban J connectivity index is 1.84. The van der Waals surface area contributed by atoms with Crippen molar-refractivity contribution >= 4 is 5.78 Å². The number of rotatable bonds is 3. The minimum atomic E-state index is 0.199. The average molecular weight is 252 g/mol. The zero-order valence-corrected chi connectivity index (χ0v) is 12.2. The molecule has 0 radical (unpaired) electrons. The van der Waals surface area contributed by atoms with Crippen LogP contribution in [0.25, 0.3) is 0 Å². The number of Topliss-reactive ketones (excluding diaryl/α,β-unsaturated/α-hetero) is 1. The van der Waals surface area contributed by atoms with Crippen LogP contribution in [0.2, 0.25) is 0 Å². The molecule has 0 N–H and O–H groups in total. The van der Waals surface area contributed by atoms with Gasteiger partial charge in [-0.05, 0) is 33.7 Å². The molecule has 2 fully saturated rings. The van der Waals surface area contributed by atoms with Crippen LogP contribution in [-0.2, 0) is 4.79 Å². The zero-order chi connectivity index (χ0) is 13.2. The summed E-state index contributed by atoms with van der Waals surface area (Å²) >= 11 is 0. The first-order valence-corrected chi connectivity index (χ1v) is 7.45. The average Bonchev–Trinajstić information content (AvgIpc) is 2.34. The normalized spacial score (nSPS) is 27.3. The van der Waals surface area contributed by atoms with Gasteiger partial charge in [-0.15, -0.1) is 0 Å². The molecule has 104 valence electrons. The van der Waals surface area contributed by atoms with Crippen LogP contribution in [0.4, 0.5) is 0 Å². The number of ketones is 1. The number of hydrogen-bond donors (Lipinski definition) is 0. The van der Waals surface area contributed by atoms with Gasteiger partial charge in [0, 0.05) is 31.1 Å². The number of carbonyl (C=O) groups excluding carboxylic acids is 1. The molecule has 0 atom stereocenters. The van der Waals surface area contributed by atoms with Crippen molar-refractivity contribution in [2.45, 2.75) is 51.5 Å². The Morgan fingerprint density at radius 1 is 1.17 bits per heavy atom. The topological polar surface area (TPSA) is 23.6 Å². The van der Waals surface area contributed by atoms with Gasteiger partial charge >= 0.3 is 0 Å². The smallest absolute Gasteiger partial charge is 0.149 e. The van der Waals surface area contributed by atoms with E-state index in [1.165, 1.54) is 19.3 Å². The summed E-state index contributed by atoms with van der Waals surface area (Å²) in [6, 6.07) is 0. The predicted molar refractivity (Wildman–Crippen MR) is 74.7 cm³/mol. The van der Waals surface area contributed by atoms with Gasteiger partial charge in [-0.3, -0.25) is 14.6 Å². The van der Waals surface area contributed by atoms with Crippen LogP contribution in [0, 0.1) is 5.92 Å². The van der Waals surface area contributed by atoms with Gasteiger partial charge in [-0.1, -0.05) is 19.3 Å². The molecule has 1 aliphatic carbocycles. The number of likely N-dealkylation sites (N-methyl/N-ethyl adjacent to an activating group) is 1. The number of hydrogen-bond acceptors (Lipinski definition) is 3. The van der Waals surface area contributed by atoms with Gasteiger partial charge in [0.1, 0.15) is 5.78 Å². The molecule has 1 saturated carbocycles. The maximum Gasteiger partial charge on any atom is 0.149 e. The Labute approximate surface area is 112 Å². The second kappa shape index (κ2) is 5.70. The van der Waals surface area contributed by atoms with Crippen LogP contribution < -0.4 is 0 Å². The lowest BCUT2D eigenvalue weighted by atomic mass is 9.86. The van der Waals surface area contributed by atoms with Gasteiger partial charge in [0.15, 0.2) is 0 Å². The van der Waals surface area contributed by atoms with E-state index in [0.29, 0.717) is 18.2 Å². The lowest BCUT2D eigenvalue weighted by Gasteiger charge is -2.45. The number of carbonyl (C=O) groups is 1. The molecule has 2 aliphatic rings.